The molecule has 5 rings (SSSR count). The van der Waals surface area contributed by atoms with Crippen molar-refractivity contribution in [2.24, 2.45) is 0 Å². The van der Waals surface area contributed by atoms with Gasteiger partial charge in [-0.3, -0.25) is 14.5 Å². The van der Waals surface area contributed by atoms with Gasteiger partial charge in [-0.2, -0.15) is 5.10 Å². The van der Waals surface area contributed by atoms with Crippen LogP contribution in [-0.2, 0) is 13.1 Å². The van der Waals surface area contributed by atoms with Crippen molar-refractivity contribution in [3.05, 3.63) is 72.4 Å². The van der Waals surface area contributed by atoms with Gasteiger partial charge in [0.25, 0.3) is 5.91 Å². The highest BCUT2D eigenvalue weighted by atomic mass is 16.3. The Balaban J connectivity index is 1.36. The van der Waals surface area contributed by atoms with Crippen LogP contribution in [0.5, 0.6) is 0 Å². The number of nitrogens with zero attached hydrogens (tertiary/aromatic N) is 4. The van der Waals surface area contributed by atoms with E-state index in [0.717, 1.165) is 40.6 Å². The number of hydrogen-bond donors (Lipinski definition) is 2. The molecule has 2 N–H and O–H groups in total. The summed E-state index contributed by atoms with van der Waals surface area (Å²) in [4.78, 5) is 17.4. The van der Waals surface area contributed by atoms with Crippen LogP contribution in [0.4, 0.5) is 0 Å². The number of amides is 1. The normalized spacial score (nSPS) is 13.6. The first kappa shape index (κ1) is 19.5. The molecule has 1 aliphatic rings. The van der Waals surface area contributed by atoms with Crippen molar-refractivity contribution < 1.29 is 9.90 Å². The molecule has 7 nitrogen and oxygen atoms in total. The lowest BCUT2D eigenvalue weighted by molar-refractivity contribution is 0.0952. The van der Waals surface area contributed by atoms with Crippen LogP contribution in [-0.4, -0.2) is 43.0 Å². The molecule has 158 valence electrons. The zero-order valence-corrected chi connectivity index (χ0v) is 17.2. The number of aliphatic hydroxyl groups excluding tert-OH is 1. The minimum Gasteiger partial charge on any atom is -0.396 e. The fraction of sp³-hybridized carbons (Fsp3) is 0.292. The SMILES string of the molecule is O=C(NC1CC1)c1cccc2ccn(Cc3ccc(-c4cnn(CCCO)c4)cn3)c12. The molecule has 31 heavy (non-hydrogen) atoms. The maximum absolute atomic E-state index is 12.7. The summed E-state index contributed by atoms with van der Waals surface area (Å²) in [5.41, 5.74) is 4.58. The van der Waals surface area contributed by atoms with Crippen LogP contribution in [0.2, 0.25) is 0 Å². The average Bonchev–Trinajstić information content (AvgIpc) is 3.32. The molecule has 0 atom stereocenters. The first-order valence-electron chi connectivity index (χ1n) is 10.7. The van der Waals surface area contributed by atoms with Crippen LogP contribution < -0.4 is 5.32 Å². The topological polar surface area (TPSA) is 85.0 Å². The highest BCUT2D eigenvalue weighted by Gasteiger charge is 2.25. The third kappa shape index (κ3) is 4.22. The molecule has 0 saturated heterocycles. The number of fused-ring (bicyclic) bond motifs is 1. The van der Waals surface area contributed by atoms with E-state index >= 15 is 0 Å². The highest BCUT2D eigenvalue weighted by Crippen LogP contribution is 2.24. The molecule has 7 heteroatoms. The summed E-state index contributed by atoms with van der Waals surface area (Å²) >= 11 is 0. The zero-order valence-electron chi connectivity index (χ0n) is 17.2. The van der Waals surface area contributed by atoms with Gasteiger partial charge in [0.15, 0.2) is 0 Å². The number of hydrogen-bond acceptors (Lipinski definition) is 4. The molecule has 1 saturated carbocycles. The molecular formula is C24H25N5O2. The molecule has 0 radical (unpaired) electrons. The maximum atomic E-state index is 12.7. The van der Waals surface area contributed by atoms with Crippen LogP contribution in [0.15, 0.2) is 61.2 Å². The van der Waals surface area contributed by atoms with Gasteiger partial charge in [0, 0.05) is 54.3 Å². The van der Waals surface area contributed by atoms with E-state index in [0.29, 0.717) is 31.1 Å². The first-order chi connectivity index (χ1) is 15.2. The zero-order chi connectivity index (χ0) is 21.2. The minimum atomic E-state index is -0.00503. The number of aromatic nitrogens is 4. The summed E-state index contributed by atoms with van der Waals surface area (Å²) < 4.78 is 3.92. The van der Waals surface area contributed by atoms with Crippen molar-refractivity contribution in [2.75, 3.05) is 6.61 Å². The Labute approximate surface area is 180 Å². The molecule has 3 heterocycles. The Bertz CT molecular complexity index is 1200. The molecule has 0 aliphatic heterocycles. The summed E-state index contributed by atoms with van der Waals surface area (Å²) in [7, 11) is 0. The van der Waals surface area contributed by atoms with E-state index < -0.39 is 0 Å². The molecule has 1 aliphatic carbocycles. The van der Waals surface area contributed by atoms with Crippen LogP contribution in [0.1, 0.15) is 35.3 Å². The lowest BCUT2D eigenvalue weighted by Crippen LogP contribution is -2.26. The van der Waals surface area contributed by atoms with Gasteiger partial charge in [0.05, 0.1) is 29.5 Å². The third-order valence-electron chi connectivity index (χ3n) is 5.61. The van der Waals surface area contributed by atoms with E-state index in [-0.39, 0.29) is 12.5 Å². The Kier molecular flexibility index (Phi) is 5.26. The predicted molar refractivity (Wildman–Crippen MR) is 119 cm³/mol. The number of carbonyl (C=O) groups is 1. The molecule has 1 fully saturated rings. The Morgan fingerprint density at radius 2 is 2.03 bits per heavy atom. The van der Waals surface area contributed by atoms with Gasteiger partial charge < -0.3 is 15.0 Å². The molecule has 3 aromatic heterocycles. The van der Waals surface area contributed by atoms with Crippen LogP contribution >= 0.6 is 0 Å². The van der Waals surface area contributed by atoms with Crippen molar-refractivity contribution in [1.29, 1.82) is 0 Å². The summed E-state index contributed by atoms with van der Waals surface area (Å²) in [5.74, 6) is -0.00503. The lowest BCUT2D eigenvalue weighted by atomic mass is 10.1. The van der Waals surface area contributed by atoms with Gasteiger partial charge in [-0.25, -0.2) is 0 Å². The summed E-state index contributed by atoms with van der Waals surface area (Å²) in [5, 5.41) is 17.4. The standard InChI is InChI=1S/C24H25N5O2/c30-12-2-10-29-15-19(14-26-29)18-5-6-21(25-13-18)16-28-11-9-17-3-1-4-22(23(17)28)24(31)27-20-7-8-20/h1,3-6,9,11,13-15,20,30H,2,7-8,10,12,16H2,(H,27,31). The van der Waals surface area contributed by atoms with Gasteiger partial charge in [0.1, 0.15) is 0 Å². The lowest BCUT2D eigenvalue weighted by Gasteiger charge is -2.10. The summed E-state index contributed by atoms with van der Waals surface area (Å²) in [6.07, 6.45) is 10.5. The van der Waals surface area contributed by atoms with Gasteiger partial charge in [-0.1, -0.05) is 18.2 Å². The average molecular weight is 415 g/mol. The third-order valence-corrected chi connectivity index (χ3v) is 5.61. The number of benzene rings is 1. The van der Waals surface area contributed by atoms with Crippen molar-refractivity contribution in [2.45, 2.75) is 38.4 Å². The highest BCUT2D eigenvalue weighted by molar-refractivity contribution is 6.06. The van der Waals surface area contributed by atoms with E-state index in [4.69, 9.17) is 5.11 Å². The van der Waals surface area contributed by atoms with E-state index in [1.807, 2.05) is 65.9 Å². The molecule has 1 aromatic carbocycles. The minimum absolute atomic E-state index is 0.00503. The summed E-state index contributed by atoms with van der Waals surface area (Å²) in [6.45, 7) is 1.44. The molecule has 0 spiro atoms. The van der Waals surface area contributed by atoms with Crippen LogP contribution in [0.25, 0.3) is 22.0 Å². The number of aliphatic hydroxyl groups is 1. The Morgan fingerprint density at radius 3 is 2.81 bits per heavy atom. The van der Waals surface area contributed by atoms with E-state index in [1.54, 1.807) is 0 Å². The van der Waals surface area contributed by atoms with E-state index in [1.165, 1.54) is 0 Å². The second kappa shape index (κ2) is 8.35. The van der Waals surface area contributed by atoms with E-state index in [9.17, 15) is 4.79 Å². The molecule has 0 bridgehead atoms. The van der Waals surface area contributed by atoms with Crippen molar-refractivity contribution in [3.63, 3.8) is 0 Å². The number of nitrogens with one attached hydrogen (secondary N) is 1. The Hall–Kier alpha value is -3.45. The molecule has 0 unspecified atom stereocenters. The molecule has 4 aromatic rings. The van der Waals surface area contributed by atoms with Crippen molar-refractivity contribution in [3.8, 4) is 11.1 Å². The fourth-order valence-electron chi connectivity index (χ4n) is 3.80. The van der Waals surface area contributed by atoms with Gasteiger partial charge in [-0.05, 0) is 37.5 Å². The fourth-order valence-corrected chi connectivity index (χ4v) is 3.80. The molecular weight excluding hydrogens is 390 g/mol. The first-order valence-corrected chi connectivity index (χ1v) is 10.7. The number of pyridine rings is 1. The second-order valence-electron chi connectivity index (χ2n) is 8.04. The number of carbonyl (C=O) groups excluding carboxylic acids is 1. The van der Waals surface area contributed by atoms with Gasteiger partial charge in [-0.15, -0.1) is 0 Å². The van der Waals surface area contributed by atoms with Crippen molar-refractivity contribution in [1.82, 2.24) is 24.6 Å². The monoisotopic (exact) mass is 415 g/mol. The summed E-state index contributed by atoms with van der Waals surface area (Å²) in [6, 6.07) is 12.3. The predicted octanol–water partition coefficient (Wildman–Crippen LogP) is 3.22. The Morgan fingerprint density at radius 1 is 1.13 bits per heavy atom. The van der Waals surface area contributed by atoms with Crippen LogP contribution in [0, 0.1) is 0 Å². The van der Waals surface area contributed by atoms with Gasteiger partial charge in [0.2, 0.25) is 0 Å². The number of aryl methyl sites for hydroxylation is 1. The van der Waals surface area contributed by atoms with Crippen LogP contribution in [0.3, 0.4) is 0 Å². The number of rotatable bonds is 8. The molecule has 1 amide bonds. The second-order valence-corrected chi connectivity index (χ2v) is 8.04. The smallest absolute Gasteiger partial charge is 0.253 e. The van der Waals surface area contributed by atoms with Gasteiger partial charge >= 0.3 is 0 Å². The largest absolute Gasteiger partial charge is 0.396 e. The number of para-hydroxylation sites is 1. The van der Waals surface area contributed by atoms with Crippen molar-refractivity contribution >= 4 is 16.8 Å². The quantitative estimate of drug-likeness (QED) is 0.463. The maximum Gasteiger partial charge on any atom is 0.253 e. The van der Waals surface area contributed by atoms with E-state index in [2.05, 4.69) is 20.0 Å².